The number of hydrogen-bond acceptors (Lipinski definition) is 4. The highest BCUT2D eigenvalue weighted by Gasteiger charge is 2.01. The molecular weight excluding hydrogens is 208 g/mol. The minimum absolute atomic E-state index is 0.803. The van der Waals surface area contributed by atoms with Gasteiger partial charge in [-0.3, -0.25) is 0 Å². The molecule has 0 N–H and O–H groups in total. The van der Waals surface area contributed by atoms with Crippen LogP contribution in [0.25, 0.3) is 0 Å². The SMILES string of the molecule is Cc1ccc(/C=N/n2c(C)nnc2C)s1. The van der Waals surface area contributed by atoms with E-state index in [2.05, 4.69) is 34.4 Å². The zero-order chi connectivity index (χ0) is 10.8. The van der Waals surface area contributed by atoms with Crippen molar-refractivity contribution in [1.29, 1.82) is 0 Å². The number of aryl methyl sites for hydroxylation is 3. The van der Waals surface area contributed by atoms with Gasteiger partial charge in [0, 0.05) is 9.75 Å². The molecule has 0 atom stereocenters. The lowest BCUT2D eigenvalue weighted by Crippen LogP contribution is -1.95. The first-order chi connectivity index (χ1) is 7.16. The molecule has 0 radical (unpaired) electrons. The Morgan fingerprint density at radius 3 is 2.40 bits per heavy atom. The van der Waals surface area contributed by atoms with E-state index in [4.69, 9.17) is 0 Å². The van der Waals surface area contributed by atoms with Crippen LogP contribution in [-0.4, -0.2) is 21.1 Å². The van der Waals surface area contributed by atoms with Gasteiger partial charge in [0.25, 0.3) is 0 Å². The van der Waals surface area contributed by atoms with Crippen molar-refractivity contribution in [3.8, 4) is 0 Å². The summed E-state index contributed by atoms with van der Waals surface area (Å²) in [5, 5.41) is 12.2. The van der Waals surface area contributed by atoms with E-state index < -0.39 is 0 Å². The van der Waals surface area contributed by atoms with Gasteiger partial charge in [0.1, 0.15) is 0 Å². The summed E-state index contributed by atoms with van der Waals surface area (Å²) in [7, 11) is 0. The number of hydrogen-bond donors (Lipinski definition) is 0. The highest BCUT2D eigenvalue weighted by molar-refractivity contribution is 7.13. The van der Waals surface area contributed by atoms with Crippen LogP contribution in [0.1, 0.15) is 21.4 Å². The van der Waals surface area contributed by atoms with Crippen LogP contribution >= 0.6 is 11.3 Å². The summed E-state index contributed by atoms with van der Waals surface area (Å²) in [5.74, 6) is 1.61. The maximum Gasteiger partial charge on any atom is 0.151 e. The summed E-state index contributed by atoms with van der Waals surface area (Å²) >= 11 is 1.72. The Bertz CT molecular complexity index is 476. The van der Waals surface area contributed by atoms with Crippen molar-refractivity contribution in [3.63, 3.8) is 0 Å². The molecule has 0 aliphatic heterocycles. The lowest BCUT2D eigenvalue weighted by atomic mass is 10.4. The number of aromatic nitrogens is 3. The van der Waals surface area contributed by atoms with Gasteiger partial charge in [-0.1, -0.05) is 0 Å². The van der Waals surface area contributed by atoms with Gasteiger partial charge >= 0.3 is 0 Å². The molecule has 5 heteroatoms. The van der Waals surface area contributed by atoms with Crippen molar-refractivity contribution in [2.75, 3.05) is 0 Å². The fraction of sp³-hybridized carbons (Fsp3) is 0.300. The van der Waals surface area contributed by atoms with Crippen LogP contribution in [0, 0.1) is 20.8 Å². The summed E-state index contributed by atoms with van der Waals surface area (Å²) in [6.07, 6.45) is 1.83. The van der Waals surface area contributed by atoms with E-state index >= 15 is 0 Å². The fourth-order valence-electron chi connectivity index (χ4n) is 1.27. The maximum absolute atomic E-state index is 4.33. The van der Waals surface area contributed by atoms with Crippen LogP contribution in [0.3, 0.4) is 0 Å². The topological polar surface area (TPSA) is 43.1 Å². The molecule has 0 amide bonds. The standard InChI is InChI=1S/C10H12N4S/c1-7-4-5-10(15-7)6-11-14-8(2)12-13-9(14)3/h4-6H,1-3H3/b11-6+. The summed E-state index contributed by atoms with van der Waals surface area (Å²) < 4.78 is 1.73. The van der Waals surface area contributed by atoms with E-state index in [1.165, 1.54) is 4.88 Å². The van der Waals surface area contributed by atoms with E-state index in [-0.39, 0.29) is 0 Å². The average molecular weight is 220 g/mol. The number of rotatable bonds is 2. The molecule has 0 unspecified atom stereocenters. The van der Waals surface area contributed by atoms with Crippen molar-refractivity contribution in [1.82, 2.24) is 14.9 Å². The molecule has 2 heterocycles. The van der Waals surface area contributed by atoms with Crippen molar-refractivity contribution < 1.29 is 0 Å². The van der Waals surface area contributed by atoms with Crippen molar-refractivity contribution in [3.05, 3.63) is 33.5 Å². The van der Waals surface area contributed by atoms with E-state index in [1.807, 2.05) is 20.1 Å². The van der Waals surface area contributed by atoms with E-state index in [0.717, 1.165) is 16.5 Å². The second kappa shape index (κ2) is 3.94. The van der Waals surface area contributed by atoms with Gasteiger partial charge in [0.15, 0.2) is 11.6 Å². The third-order valence-corrected chi connectivity index (χ3v) is 2.95. The Hall–Kier alpha value is -1.49. The zero-order valence-electron chi connectivity index (χ0n) is 8.93. The van der Waals surface area contributed by atoms with Gasteiger partial charge in [0.05, 0.1) is 6.21 Å². The predicted molar refractivity (Wildman–Crippen MR) is 61.5 cm³/mol. The number of nitrogens with zero attached hydrogens (tertiary/aromatic N) is 4. The van der Waals surface area contributed by atoms with E-state index in [0.29, 0.717) is 0 Å². The molecule has 2 rings (SSSR count). The van der Waals surface area contributed by atoms with Crippen molar-refractivity contribution in [2.24, 2.45) is 5.10 Å². The normalized spacial score (nSPS) is 11.4. The highest BCUT2D eigenvalue weighted by Crippen LogP contribution is 2.12. The van der Waals surface area contributed by atoms with Crippen LogP contribution < -0.4 is 0 Å². The molecule has 0 saturated heterocycles. The minimum atomic E-state index is 0.803. The third-order valence-electron chi connectivity index (χ3n) is 2.01. The molecular formula is C10H12N4S. The summed E-state index contributed by atoms with van der Waals surface area (Å²) in [4.78, 5) is 2.42. The van der Waals surface area contributed by atoms with Crippen LogP contribution in [0.2, 0.25) is 0 Å². The molecule has 0 fully saturated rings. The van der Waals surface area contributed by atoms with Crippen molar-refractivity contribution >= 4 is 17.6 Å². The van der Waals surface area contributed by atoms with Crippen LogP contribution in [0.4, 0.5) is 0 Å². The highest BCUT2D eigenvalue weighted by atomic mass is 32.1. The number of thiophene rings is 1. The van der Waals surface area contributed by atoms with Gasteiger partial charge in [-0.15, -0.1) is 21.5 Å². The molecule has 0 bridgehead atoms. The van der Waals surface area contributed by atoms with Crippen LogP contribution in [-0.2, 0) is 0 Å². The maximum atomic E-state index is 4.33. The first-order valence-corrected chi connectivity index (χ1v) is 5.48. The zero-order valence-corrected chi connectivity index (χ0v) is 9.75. The molecule has 0 aliphatic rings. The Kier molecular flexibility index (Phi) is 2.64. The predicted octanol–water partition coefficient (Wildman–Crippen LogP) is 2.15. The minimum Gasteiger partial charge on any atom is -0.202 e. The second-order valence-electron chi connectivity index (χ2n) is 3.30. The largest absolute Gasteiger partial charge is 0.202 e. The Balaban J connectivity index is 2.25. The van der Waals surface area contributed by atoms with Gasteiger partial charge in [0.2, 0.25) is 0 Å². The van der Waals surface area contributed by atoms with Crippen LogP contribution in [0.5, 0.6) is 0 Å². The second-order valence-corrected chi connectivity index (χ2v) is 4.62. The summed E-state index contributed by atoms with van der Waals surface area (Å²) in [6, 6.07) is 4.14. The molecule has 15 heavy (non-hydrogen) atoms. The van der Waals surface area contributed by atoms with Crippen LogP contribution in [0.15, 0.2) is 17.2 Å². The van der Waals surface area contributed by atoms with Gasteiger partial charge in [-0.2, -0.15) is 5.10 Å². The molecule has 0 aromatic carbocycles. The quantitative estimate of drug-likeness (QED) is 0.728. The third kappa shape index (κ3) is 2.12. The Morgan fingerprint density at radius 1 is 1.20 bits per heavy atom. The average Bonchev–Trinajstić information content (AvgIpc) is 2.73. The molecule has 4 nitrogen and oxygen atoms in total. The lowest BCUT2D eigenvalue weighted by molar-refractivity contribution is 0.799. The molecule has 2 aromatic rings. The smallest absolute Gasteiger partial charge is 0.151 e. The Morgan fingerprint density at radius 2 is 1.87 bits per heavy atom. The summed E-state index contributed by atoms with van der Waals surface area (Å²) in [6.45, 7) is 5.85. The van der Waals surface area contributed by atoms with Crippen molar-refractivity contribution in [2.45, 2.75) is 20.8 Å². The van der Waals surface area contributed by atoms with E-state index in [1.54, 1.807) is 16.0 Å². The molecule has 2 aromatic heterocycles. The fourth-order valence-corrected chi connectivity index (χ4v) is 2.01. The lowest BCUT2D eigenvalue weighted by Gasteiger charge is -1.95. The molecule has 0 spiro atoms. The van der Waals surface area contributed by atoms with Gasteiger partial charge < -0.3 is 0 Å². The molecule has 78 valence electrons. The first kappa shape index (κ1) is 10.0. The van der Waals surface area contributed by atoms with Gasteiger partial charge in [-0.25, -0.2) is 4.68 Å². The first-order valence-electron chi connectivity index (χ1n) is 4.66. The monoisotopic (exact) mass is 220 g/mol. The molecule has 0 aliphatic carbocycles. The Labute approximate surface area is 92.3 Å². The van der Waals surface area contributed by atoms with Gasteiger partial charge in [-0.05, 0) is 32.9 Å². The summed E-state index contributed by atoms with van der Waals surface area (Å²) in [5.41, 5.74) is 0. The van der Waals surface area contributed by atoms with E-state index in [9.17, 15) is 0 Å². The molecule has 0 saturated carbocycles.